The average molecular weight is 618 g/mol. The van der Waals surface area contributed by atoms with Crippen LogP contribution in [0.3, 0.4) is 0 Å². The summed E-state index contributed by atoms with van der Waals surface area (Å²) in [6.45, 7) is 0. The highest BCUT2D eigenvalue weighted by atomic mass is 35.5. The summed E-state index contributed by atoms with van der Waals surface area (Å²) in [5.74, 6) is -2.76. The number of alkyl halides is 3. The number of benzene rings is 3. The molecule has 42 heavy (non-hydrogen) atoms. The summed E-state index contributed by atoms with van der Waals surface area (Å²) in [5.41, 5.74) is 4.17. The van der Waals surface area contributed by atoms with Gasteiger partial charge in [0, 0.05) is 42.7 Å². The summed E-state index contributed by atoms with van der Waals surface area (Å²) >= 11 is 12.3. The van der Waals surface area contributed by atoms with E-state index in [4.69, 9.17) is 37.8 Å². The lowest BCUT2D eigenvalue weighted by Crippen LogP contribution is -2.33. The SMILES string of the molecule is COC(c1ccc(Cl)cc1)(c1ccc2c(c1)c(-c1ccc(Cl)cc1)cc(=O)n2C)c1cncn1C.O=C(O)C(F)(F)F. The van der Waals surface area contributed by atoms with E-state index in [1.807, 2.05) is 78.5 Å². The van der Waals surface area contributed by atoms with E-state index in [1.165, 1.54) is 0 Å². The van der Waals surface area contributed by atoms with Crippen LogP contribution in [0.1, 0.15) is 16.8 Å². The van der Waals surface area contributed by atoms with Gasteiger partial charge in [0.2, 0.25) is 0 Å². The van der Waals surface area contributed by atoms with Crippen molar-refractivity contribution in [1.82, 2.24) is 14.1 Å². The molecule has 0 saturated heterocycles. The Balaban J connectivity index is 0.000000517. The van der Waals surface area contributed by atoms with Crippen molar-refractivity contribution >= 4 is 40.1 Å². The maximum Gasteiger partial charge on any atom is 0.490 e. The Morgan fingerprint density at radius 1 is 0.905 bits per heavy atom. The second kappa shape index (κ2) is 12.0. The Bertz CT molecular complexity index is 1800. The molecule has 1 unspecified atom stereocenters. The monoisotopic (exact) mass is 617 g/mol. The minimum absolute atomic E-state index is 0.0856. The Hall–Kier alpha value is -4.12. The van der Waals surface area contributed by atoms with Crippen molar-refractivity contribution in [2.24, 2.45) is 14.1 Å². The number of carboxylic acids is 1. The van der Waals surface area contributed by atoms with Crippen LogP contribution in [0, 0.1) is 0 Å². The molecule has 0 spiro atoms. The van der Waals surface area contributed by atoms with Gasteiger partial charge in [0.1, 0.15) is 0 Å². The van der Waals surface area contributed by atoms with Crippen LogP contribution in [0.2, 0.25) is 10.0 Å². The average Bonchev–Trinajstić information content (AvgIpc) is 3.38. The van der Waals surface area contributed by atoms with Crippen LogP contribution in [0.15, 0.2) is 90.1 Å². The van der Waals surface area contributed by atoms with E-state index in [1.54, 1.807) is 31.1 Å². The van der Waals surface area contributed by atoms with Crippen LogP contribution in [0.4, 0.5) is 13.2 Å². The second-order valence-electron chi connectivity index (χ2n) is 9.28. The molecule has 3 aromatic carbocycles. The fraction of sp³-hybridized carbons (Fsp3) is 0.167. The molecular weight excluding hydrogens is 594 g/mol. The smallest absolute Gasteiger partial charge is 0.475 e. The number of aliphatic carboxylic acids is 1. The summed E-state index contributed by atoms with van der Waals surface area (Å²) in [6.07, 6.45) is -1.52. The molecule has 7 nitrogen and oxygen atoms in total. The first-order chi connectivity index (χ1) is 19.8. The van der Waals surface area contributed by atoms with E-state index in [0.717, 1.165) is 38.9 Å². The lowest BCUT2D eigenvalue weighted by molar-refractivity contribution is -0.192. The normalized spacial score (nSPS) is 12.9. The van der Waals surface area contributed by atoms with Crippen LogP contribution in [0.25, 0.3) is 22.0 Å². The zero-order valence-corrected chi connectivity index (χ0v) is 24.0. The van der Waals surface area contributed by atoms with Crippen molar-refractivity contribution in [3.8, 4) is 11.1 Å². The van der Waals surface area contributed by atoms with Crippen molar-refractivity contribution in [2.75, 3.05) is 7.11 Å². The van der Waals surface area contributed by atoms with E-state index >= 15 is 0 Å². The summed E-state index contributed by atoms with van der Waals surface area (Å²) in [4.78, 5) is 26.1. The lowest BCUT2D eigenvalue weighted by atomic mass is 9.82. The zero-order chi connectivity index (χ0) is 30.8. The number of halogens is 5. The minimum Gasteiger partial charge on any atom is -0.475 e. The van der Waals surface area contributed by atoms with Crippen LogP contribution in [-0.2, 0) is 29.2 Å². The molecule has 0 aliphatic heterocycles. The minimum atomic E-state index is -5.08. The molecule has 2 heterocycles. The number of hydrogen-bond acceptors (Lipinski definition) is 4. The number of aryl methyl sites for hydroxylation is 2. The Morgan fingerprint density at radius 2 is 1.45 bits per heavy atom. The molecule has 0 fully saturated rings. The number of ether oxygens (including phenoxy) is 1. The van der Waals surface area contributed by atoms with E-state index in [0.29, 0.717) is 10.0 Å². The van der Waals surface area contributed by atoms with Crippen molar-refractivity contribution in [2.45, 2.75) is 11.8 Å². The highest BCUT2D eigenvalue weighted by Gasteiger charge is 2.40. The van der Waals surface area contributed by atoms with E-state index in [-0.39, 0.29) is 5.56 Å². The summed E-state index contributed by atoms with van der Waals surface area (Å²) in [5, 5.41) is 9.33. The fourth-order valence-corrected chi connectivity index (χ4v) is 4.98. The van der Waals surface area contributed by atoms with E-state index in [9.17, 15) is 18.0 Å². The predicted molar refractivity (Wildman–Crippen MR) is 155 cm³/mol. The number of pyridine rings is 1. The van der Waals surface area contributed by atoms with Gasteiger partial charge in [-0.1, -0.05) is 53.5 Å². The molecule has 0 amide bonds. The van der Waals surface area contributed by atoms with Gasteiger partial charge in [0.25, 0.3) is 5.56 Å². The third-order valence-corrected chi connectivity index (χ3v) is 7.29. The topological polar surface area (TPSA) is 86.4 Å². The van der Waals surface area contributed by atoms with Gasteiger partial charge >= 0.3 is 12.1 Å². The first kappa shape index (κ1) is 30.8. The molecular formula is C30H24Cl2F3N3O4. The third-order valence-electron chi connectivity index (χ3n) is 6.79. The second-order valence-corrected chi connectivity index (χ2v) is 10.2. The number of carboxylic acid groups (broad SMARTS) is 1. The Labute approximate surface area is 248 Å². The van der Waals surface area contributed by atoms with E-state index < -0.39 is 17.7 Å². The predicted octanol–water partition coefficient (Wildman–Crippen LogP) is 6.82. The number of hydrogen-bond donors (Lipinski definition) is 1. The molecule has 12 heteroatoms. The molecule has 218 valence electrons. The standard InChI is InChI=1S/C28H23Cl2N3O2.C2HF3O2/c1-32-17-31-16-26(32)28(35-3,19-6-11-22(30)12-7-19)20-8-13-25-24(14-20)23(15-27(34)33(25)2)18-4-9-21(29)10-5-18;3-2(4,5)1(6)7/h4-17H,1-3H3;(H,6,7). The number of imidazole rings is 1. The van der Waals surface area contributed by atoms with Gasteiger partial charge in [-0.25, -0.2) is 9.78 Å². The number of carbonyl (C=O) groups is 1. The molecule has 1 N–H and O–H groups in total. The molecule has 1 atom stereocenters. The van der Waals surface area contributed by atoms with Crippen molar-refractivity contribution < 1.29 is 27.8 Å². The first-order valence-corrected chi connectivity index (χ1v) is 13.0. The Morgan fingerprint density at radius 3 is 1.95 bits per heavy atom. The van der Waals surface area contributed by atoms with Gasteiger partial charge in [0.05, 0.1) is 23.7 Å². The van der Waals surface area contributed by atoms with Gasteiger partial charge in [-0.15, -0.1) is 0 Å². The highest BCUT2D eigenvalue weighted by molar-refractivity contribution is 6.30. The number of aromatic nitrogens is 3. The maximum atomic E-state index is 12.8. The van der Waals surface area contributed by atoms with Gasteiger partial charge in [0.15, 0.2) is 5.60 Å². The van der Waals surface area contributed by atoms with Crippen LogP contribution < -0.4 is 5.56 Å². The third kappa shape index (κ3) is 5.92. The molecule has 0 aliphatic rings. The number of rotatable bonds is 5. The molecule has 0 saturated carbocycles. The molecule has 0 radical (unpaired) electrons. The van der Waals surface area contributed by atoms with Gasteiger partial charge < -0.3 is 19.0 Å². The summed E-state index contributed by atoms with van der Waals surface area (Å²) < 4.78 is 41.7. The summed E-state index contributed by atoms with van der Waals surface area (Å²) in [6, 6.07) is 22.8. The number of methoxy groups -OCH3 is 1. The fourth-order valence-electron chi connectivity index (χ4n) is 4.73. The number of fused-ring (bicyclic) bond motifs is 1. The summed E-state index contributed by atoms with van der Waals surface area (Å²) in [7, 11) is 5.41. The lowest BCUT2D eigenvalue weighted by Gasteiger charge is -2.34. The van der Waals surface area contributed by atoms with Crippen molar-refractivity contribution in [1.29, 1.82) is 0 Å². The molecule has 0 bridgehead atoms. The highest BCUT2D eigenvalue weighted by Crippen LogP contribution is 2.42. The largest absolute Gasteiger partial charge is 0.490 e. The molecule has 5 rings (SSSR count). The molecule has 5 aromatic rings. The van der Waals surface area contributed by atoms with Crippen LogP contribution in [0.5, 0.6) is 0 Å². The van der Waals surface area contributed by atoms with E-state index in [2.05, 4.69) is 11.1 Å². The van der Waals surface area contributed by atoms with Crippen LogP contribution in [-0.4, -0.2) is 38.5 Å². The van der Waals surface area contributed by atoms with Crippen LogP contribution >= 0.6 is 23.2 Å². The van der Waals surface area contributed by atoms with Gasteiger partial charge in [-0.3, -0.25) is 4.79 Å². The van der Waals surface area contributed by atoms with Crippen molar-refractivity contribution in [3.63, 3.8) is 0 Å². The zero-order valence-electron chi connectivity index (χ0n) is 22.5. The molecule has 2 aromatic heterocycles. The maximum absolute atomic E-state index is 12.8. The first-order valence-electron chi connectivity index (χ1n) is 12.3. The number of nitrogens with zero attached hydrogens (tertiary/aromatic N) is 3. The quantitative estimate of drug-likeness (QED) is 0.234. The molecule has 0 aliphatic carbocycles. The van der Waals surface area contributed by atoms with Gasteiger partial charge in [-0.05, 0) is 58.7 Å². The van der Waals surface area contributed by atoms with Crippen molar-refractivity contribution in [3.05, 3.63) is 123 Å². The van der Waals surface area contributed by atoms with Gasteiger partial charge in [-0.2, -0.15) is 13.2 Å². The Kier molecular flexibility index (Phi) is 8.81.